The number of nitrogens with one attached hydrogen (secondary N) is 1. The standard InChI is InChI=1S/C24H21N5O2S/c1-16-9-11-17(12-10-16)19-14-20(21-8-5-13-31-21)29(28-19)22(30)15-32-24-25-23(26-27-24)18-6-3-2-4-7-18/h2-13,20H,14-15H2,1H3,(H,25,26,27). The summed E-state index contributed by atoms with van der Waals surface area (Å²) < 4.78 is 5.61. The average Bonchev–Trinajstić information content (AvgIpc) is 3.59. The molecule has 0 bridgehead atoms. The first-order valence-electron chi connectivity index (χ1n) is 10.3. The summed E-state index contributed by atoms with van der Waals surface area (Å²) in [7, 11) is 0. The van der Waals surface area contributed by atoms with Gasteiger partial charge in [-0.2, -0.15) is 5.10 Å². The highest BCUT2D eigenvalue weighted by molar-refractivity contribution is 7.99. The number of rotatable bonds is 6. The zero-order chi connectivity index (χ0) is 21.9. The molecule has 32 heavy (non-hydrogen) atoms. The van der Waals surface area contributed by atoms with Gasteiger partial charge < -0.3 is 4.42 Å². The summed E-state index contributed by atoms with van der Waals surface area (Å²) in [4.78, 5) is 17.6. The normalized spacial score (nSPS) is 15.7. The van der Waals surface area contributed by atoms with Crippen molar-refractivity contribution in [3.63, 3.8) is 0 Å². The van der Waals surface area contributed by atoms with Crippen molar-refractivity contribution in [3.05, 3.63) is 89.9 Å². The fraction of sp³-hybridized carbons (Fsp3) is 0.167. The Morgan fingerprint density at radius 3 is 2.66 bits per heavy atom. The topological polar surface area (TPSA) is 87.4 Å². The van der Waals surface area contributed by atoms with Crippen molar-refractivity contribution in [2.24, 2.45) is 5.10 Å². The summed E-state index contributed by atoms with van der Waals surface area (Å²) in [6.45, 7) is 2.05. The molecule has 1 N–H and O–H groups in total. The van der Waals surface area contributed by atoms with Crippen LogP contribution in [-0.2, 0) is 4.79 Å². The van der Waals surface area contributed by atoms with Gasteiger partial charge in [-0.05, 0) is 24.6 Å². The Hall–Kier alpha value is -3.65. The maximum atomic E-state index is 13.1. The lowest BCUT2D eigenvalue weighted by Gasteiger charge is -2.19. The quantitative estimate of drug-likeness (QED) is 0.431. The third-order valence-electron chi connectivity index (χ3n) is 5.26. The summed E-state index contributed by atoms with van der Waals surface area (Å²) in [6.07, 6.45) is 2.22. The minimum atomic E-state index is -0.263. The molecule has 5 rings (SSSR count). The molecule has 8 heteroatoms. The van der Waals surface area contributed by atoms with E-state index in [1.165, 1.54) is 22.3 Å². The molecular weight excluding hydrogens is 422 g/mol. The highest BCUT2D eigenvalue weighted by atomic mass is 32.2. The van der Waals surface area contributed by atoms with Gasteiger partial charge in [-0.15, -0.1) is 5.10 Å². The number of aryl methyl sites for hydroxylation is 1. The average molecular weight is 444 g/mol. The molecule has 1 aliphatic heterocycles. The van der Waals surface area contributed by atoms with Crippen LogP contribution < -0.4 is 0 Å². The number of benzene rings is 2. The lowest BCUT2D eigenvalue weighted by Crippen LogP contribution is -2.28. The van der Waals surface area contributed by atoms with Crippen molar-refractivity contribution in [1.82, 2.24) is 20.2 Å². The van der Waals surface area contributed by atoms with Gasteiger partial charge >= 0.3 is 0 Å². The molecule has 0 spiro atoms. The van der Waals surface area contributed by atoms with Crippen molar-refractivity contribution in [2.75, 3.05) is 5.75 Å². The Balaban J connectivity index is 1.32. The molecule has 1 atom stereocenters. The van der Waals surface area contributed by atoms with Gasteiger partial charge in [-0.3, -0.25) is 9.89 Å². The minimum absolute atomic E-state index is 0.121. The molecule has 160 valence electrons. The molecule has 1 aliphatic rings. The molecule has 0 saturated carbocycles. The fourth-order valence-electron chi connectivity index (χ4n) is 3.59. The van der Waals surface area contributed by atoms with E-state index >= 15 is 0 Å². The zero-order valence-corrected chi connectivity index (χ0v) is 18.2. The maximum Gasteiger partial charge on any atom is 0.253 e. The van der Waals surface area contributed by atoms with E-state index in [2.05, 4.69) is 20.3 Å². The molecular formula is C24H21N5O2S. The second-order valence-corrected chi connectivity index (χ2v) is 8.45. The summed E-state index contributed by atoms with van der Waals surface area (Å²) in [5.74, 6) is 1.45. The van der Waals surface area contributed by atoms with Crippen LogP contribution >= 0.6 is 11.8 Å². The molecule has 1 unspecified atom stereocenters. The summed E-state index contributed by atoms with van der Waals surface area (Å²) in [5, 5.41) is 13.9. The molecule has 1 amide bonds. The van der Waals surface area contributed by atoms with Crippen LogP contribution in [0.2, 0.25) is 0 Å². The zero-order valence-electron chi connectivity index (χ0n) is 17.4. The van der Waals surface area contributed by atoms with Crippen molar-refractivity contribution in [2.45, 2.75) is 24.5 Å². The maximum absolute atomic E-state index is 13.1. The Labute approximate surface area is 189 Å². The van der Waals surface area contributed by atoms with E-state index in [0.29, 0.717) is 17.4 Å². The lowest BCUT2D eigenvalue weighted by atomic mass is 10.0. The predicted octanol–water partition coefficient (Wildman–Crippen LogP) is 4.84. The van der Waals surface area contributed by atoms with Crippen molar-refractivity contribution < 1.29 is 9.21 Å². The van der Waals surface area contributed by atoms with Crippen LogP contribution in [0.5, 0.6) is 0 Å². The number of carbonyl (C=O) groups excluding carboxylic acids is 1. The lowest BCUT2D eigenvalue weighted by molar-refractivity contribution is -0.130. The summed E-state index contributed by atoms with van der Waals surface area (Å²) >= 11 is 1.28. The Bertz CT molecular complexity index is 1230. The van der Waals surface area contributed by atoms with Crippen molar-refractivity contribution in [3.8, 4) is 11.4 Å². The Kier molecular flexibility index (Phi) is 5.60. The van der Waals surface area contributed by atoms with Gasteiger partial charge in [0.25, 0.3) is 5.91 Å². The number of thioether (sulfide) groups is 1. The Morgan fingerprint density at radius 1 is 1.09 bits per heavy atom. The van der Waals surface area contributed by atoms with Crippen LogP contribution in [0.1, 0.15) is 29.3 Å². The molecule has 2 aromatic carbocycles. The van der Waals surface area contributed by atoms with Gasteiger partial charge in [0.05, 0.1) is 17.7 Å². The number of hydrogen-bond acceptors (Lipinski definition) is 6. The van der Waals surface area contributed by atoms with Gasteiger partial charge in [0.15, 0.2) is 5.82 Å². The number of furan rings is 1. The molecule has 4 aromatic rings. The second kappa shape index (κ2) is 8.84. The number of aromatic amines is 1. The van der Waals surface area contributed by atoms with E-state index in [0.717, 1.165) is 22.6 Å². The predicted molar refractivity (Wildman–Crippen MR) is 123 cm³/mol. The number of hydrazone groups is 1. The molecule has 3 heterocycles. The van der Waals surface area contributed by atoms with Crippen LogP contribution in [0.3, 0.4) is 0 Å². The first-order chi connectivity index (χ1) is 15.7. The minimum Gasteiger partial charge on any atom is -0.467 e. The third-order valence-corrected chi connectivity index (χ3v) is 6.09. The second-order valence-electron chi connectivity index (χ2n) is 7.51. The van der Waals surface area contributed by atoms with Gasteiger partial charge in [-0.1, -0.05) is 71.9 Å². The fourth-order valence-corrected chi connectivity index (χ4v) is 4.24. The van der Waals surface area contributed by atoms with E-state index in [9.17, 15) is 4.79 Å². The molecule has 2 aromatic heterocycles. The molecule has 0 aliphatic carbocycles. The van der Waals surface area contributed by atoms with Gasteiger partial charge in [0.2, 0.25) is 5.16 Å². The van der Waals surface area contributed by atoms with E-state index in [1.807, 2.05) is 73.7 Å². The van der Waals surface area contributed by atoms with Crippen LogP contribution in [0.15, 0.2) is 87.7 Å². The number of amides is 1. The number of hydrogen-bond donors (Lipinski definition) is 1. The van der Waals surface area contributed by atoms with Gasteiger partial charge in [0.1, 0.15) is 11.8 Å². The number of nitrogens with zero attached hydrogens (tertiary/aromatic N) is 4. The van der Waals surface area contributed by atoms with Gasteiger partial charge in [-0.25, -0.2) is 9.99 Å². The van der Waals surface area contributed by atoms with Crippen LogP contribution in [-0.4, -0.2) is 37.6 Å². The summed E-state index contributed by atoms with van der Waals surface area (Å²) in [6, 6.07) is 21.4. The number of aromatic nitrogens is 3. The monoisotopic (exact) mass is 443 g/mol. The molecule has 0 radical (unpaired) electrons. The number of carbonyl (C=O) groups is 1. The van der Waals surface area contributed by atoms with Crippen LogP contribution in [0.25, 0.3) is 11.4 Å². The first-order valence-corrected chi connectivity index (χ1v) is 11.3. The number of H-pyrrole nitrogens is 1. The highest BCUT2D eigenvalue weighted by Gasteiger charge is 2.34. The largest absolute Gasteiger partial charge is 0.467 e. The van der Waals surface area contributed by atoms with Crippen LogP contribution in [0, 0.1) is 6.92 Å². The Morgan fingerprint density at radius 2 is 1.91 bits per heavy atom. The van der Waals surface area contributed by atoms with Crippen LogP contribution in [0.4, 0.5) is 0 Å². The molecule has 7 nitrogen and oxygen atoms in total. The third kappa shape index (κ3) is 4.22. The van der Waals surface area contributed by atoms with Crippen molar-refractivity contribution >= 4 is 23.4 Å². The van der Waals surface area contributed by atoms with E-state index in [4.69, 9.17) is 4.42 Å². The molecule has 0 saturated heterocycles. The first kappa shape index (κ1) is 20.3. The van der Waals surface area contributed by atoms with E-state index in [-0.39, 0.29) is 17.7 Å². The summed E-state index contributed by atoms with van der Waals surface area (Å²) in [5.41, 5.74) is 4.01. The van der Waals surface area contributed by atoms with Crippen molar-refractivity contribution in [1.29, 1.82) is 0 Å². The molecule has 0 fully saturated rings. The smallest absolute Gasteiger partial charge is 0.253 e. The van der Waals surface area contributed by atoms with Gasteiger partial charge in [0, 0.05) is 12.0 Å². The SMILES string of the molecule is Cc1ccc(C2=NN(C(=O)CSc3n[nH]c(-c4ccccc4)n3)C(c3ccco3)C2)cc1. The van der Waals surface area contributed by atoms with E-state index < -0.39 is 0 Å². The highest BCUT2D eigenvalue weighted by Crippen LogP contribution is 2.34. The van der Waals surface area contributed by atoms with E-state index in [1.54, 1.807) is 6.26 Å².